The Labute approximate surface area is 118 Å². The lowest BCUT2D eigenvalue weighted by Crippen LogP contribution is -2.26. The molecule has 0 aromatic carbocycles. The molecule has 0 aliphatic heterocycles. The summed E-state index contributed by atoms with van der Waals surface area (Å²) in [5.41, 5.74) is 0.0643. The average Bonchev–Trinajstić information content (AvgIpc) is 3.01. The molecule has 2 fully saturated rings. The number of nitrogens with zero attached hydrogens (tertiary/aromatic N) is 2. The number of fused-ring (bicyclic) bond motifs is 2. The van der Waals surface area contributed by atoms with Crippen LogP contribution < -0.4 is 10.6 Å². The number of aromatic nitrogens is 1. The molecular formula is C14H20N4O2. The Balaban J connectivity index is 1.82. The van der Waals surface area contributed by atoms with Gasteiger partial charge in [-0.25, -0.2) is 4.98 Å². The summed E-state index contributed by atoms with van der Waals surface area (Å²) in [5, 5.41) is 17.6. The third-order valence-corrected chi connectivity index (χ3v) is 4.49. The first-order valence-corrected chi connectivity index (χ1v) is 7.33. The summed E-state index contributed by atoms with van der Waals surface area (Å²) in [6.45, 7) is 2.73. The Morgan fingerprint density at radius 2 is 2.25 bits per heavy atom. The molecule has 2 saturated carbocycles. The van der Waals surface area contributed by atoms with Gasteiger partial charge in [-0.05, 0) is 44.1 Å². The van der Waals surface area contributed by atoms with Gasteiger partial charge in [-0.2, -0.15) is 0 Å². The van der Waals surface area contributed by atoms with Crippen LogP contribution in [0, 0.1) is 22.0 Å². The summed E-state index contributed by atoms with van der Waals surface area (Å²) in [7, 11) is 0. The fourth-order valence-corrected chi connectivity index (χ4v) is 3.58. The number of anilines is 2. The molecule has 0 saturated heterocycles. The van der Waals surface area contributed by atoms with Crippen molar-refractivity contribution in [2.45, 2.75) is 38.6 Å². The van der Waals surface area contributed by atoms with Crippen molar-refractivity contribution in [1.82, 2.24) is 4.98 Å². The largest absolute Gasteiger partial charge is 0.370 e. The van der Waals surface area contributed by atoms with Crippen molar-refractivity contribution >= 4 is 17.3 Å². The van der Waals surface area contributed by atoms with Gasteiger partial charge in [0.05, 0.1) is 4.92 Å². The molecule has 0 spiro atoms. The zero-order valence-corrected chi connectivity index (χ0v) is 11.6. The van der Waals surface area contributed by atoms with E-state index < -0.39 is 0 Å². The Hall–Kier alpha value is -1.85. The zero-order valence-electron chi connectivity index (χ0n) is 11.6. The first-order chi connectivity index (χ1) is 9.67. The van der Waals surface area contributed by atoms with Crippen molar-refractivity contribution in [2.24, 2.45) is 11.8 Å². The molecule has 0 amide bonds. The molecule has 3 atom stereocenters. The summed E-state index contributed by atoms with van der Waals surface area (Å²) in [4.78, 5) is 15.1. The van der Waals surface area contributed by atoms with E-state index >= 15 is 0 Å². The highest BCUT2D eigenvalue weighted by Gasteiger charge is 2.40. The van der Waals surface area contributed by atoms with Gasteiger partial charge in [-0.15, -0.1) is 0 Å². The van der Waals surface area contributed by atoms with E-state index in [0.717, 1.165) is 18.9 Å². The summed E-state index contributed by atoms with van der Waals surface area (Å²) in [6.07, 6.45) is 4.94. The van der Waals surface area contributed by atoms with E-state index in [1.807, 2.05) is 6.92 Å². The quantitative estimate of drug-likeness (QED) is 0.638. The van der Waals surface area contributed by atoms with E-state index in [2.05, 4.69) is 15.6 Å². The molecule has 2 aliphatic carbocycles. The van der Waals surface area contributed by atoms with Crippen LogP contribution in [0.2, 0.25) is 0 Å². The molecule has 3 unspecified atom stereocenters. The van der Waals surface area contributed by atoms with Crippen LogP contribution in [0.15, 0.2) is 12.1 Å². The fraction of sp³-hybridized carbons (Fsp3) is 0.643. The normalized spacial score (nSPS) is 27.6. The van der Waals surface area contributed by atoms with Gasteiger partial charge in [0.25, 0.3) is 0 Å². The zero-order chi connectivity index (χ0) is 14.1. The lowest BCUT2D eigenvalue weighted by molar-refractivity contribution is -0.384. The second-order valence-electron chi connectivity index (χ2n) is 5.78. The molecule has 20 heavy (non-hydrogen) atoms. The Morgan fingerprint density at radius 1 is 1.40 bits per heavy atom. The maximum Gasteiger partial charge on any atom is 0.311 e. The first kappa shape index (κ1) is 13.1. The SMILES string of the molecule is CCNc1ccc([N+](=O)[O-])c(NC2CC3CCC2C3)n1. The summed E-state index contributed by atoms with van der Waals surface area (Å²) >= 11 is 0. The number of hydrogen-bond acceptors (Lipinski definition) is 5. The van der Waals surface area contributed by atoms with E-state index in [1.54, 1.807) is 6.07 Å². The second-order valence-corrected chi connectivity index (χ2v) is 5.78. The smallest absolute Gasteiger partial charge is 0.311 e. The van der Waals surface area contributed by atoms with Crippen LogP contribution >= 0.6 is 0 Å². The standard InChI is InChI=1S/C14H20N4O2/c1-2-15-13-6-5-12(18(19)20)14(17-13)16-11-8-9-3-4-10(11)7-9/h5-6,9-11H,2-4,7-8H2,1H3,(H2,15,16,17). The van der Waals surface area contributed by atoms with Gasteiger partial charge in [0.15, 0.2) is 0 Å². The third-order valence-electron chi connectivity index (χ3n) is 4.49. The molecule has 3 rings (SSSR count). The van der Waals surface area contributed by atoms with Crippen molar-refractivity contribution in [3.8, 4) is 0 Å². The number of rotatable bonds is 5. The number of pyridine rings is 1. The van der Waals surface area contributed by atoms with Crippen LogP contribution in [-0.4, -0.2) is 22.5 Å². The Kier molecular flexibility index (Phi) is 3.46. The minimum absolute atomic E-state index is 0.0643. The molecule has 2 bridgehead atoms. The van der Waals surface area contributed by atoms with Crippen LogP contribution in [-0.2, 0) is 0 Å². The minimum atomic E-state index is -0.363. The maximum atomic E-state index is 11.1. The van der Waals surface area contributed by atoms with Gasteiger partial charge in [0, 0.05) is 18.7 Å². The topological polar surface area (TPSA) is 80.1 Å². The first-order valence-electron chi connectivity index (χ1n) is 7.33. The summed E-state index contributed by atoms with van der Waals surface area (Å²) < 4.78 is 0. The predicted octanol–water partition coefficient (Wildman–Crippen LogP) is 3.02. The summed E-state index contributed by atoms with van der Waals surface area (Å²) in [6, 6.07) is 3.53. The molecule has 108 valence electrons. The third kappa shape index (κ3) is 2.42. The van der Waals surface area contributed by atoms with Crippen molar-refractivity contribution < 1.29 is 4.92 Å². The number of nitrogens with one attached hydrogen (secondary N) is 2. The van der Waals surface area contributed by atoms with Gasteiger partial charge < -0.3 is 10.6 Å². The lowest BCUT2D eigenvalue weighted by Gasteiger charge is -2.23. The molecular weight excluding hydrogens is 256 g/mol. The van der Waals surface area contributed by atoms with Crippen LogP contribution in [0.4, 0.5) is 17.3 Å². The molecule has 2 N–H and O–H groups in total. The minimum Gasteiger partial charge on any atom is -0.370 e. The average molecular weight is 276 g/mol. The van der Waals surface area contributed by atoms with Gasteiger partial charge in [-0.3, -0.25) is 10.1 Å². The Bertz CT molecular complexity index is 520. The van der Waals surface area contributed by atoms with Crippen molar-refractivity contribution in [1.29, 1.82) is 0 Å². The fourth-order valence-electron chi connectivity index (χ4n) is 3.58. The van der Waals surface area contributed by atoms with Crippen molar-refractivity contribution in [3.05, 3.63) is 22.2 Å². The van der Waals surface area contributed by atoms with Crippen LogP contribution in [0.1, 0.15) is 32.6 Å². The molecule has 6 heteroatoms. The van der Waals surface area contributed by atoms with Gasteiger partial charge in [0.2, 0.25) is 5.82 Å². The molecule has 1 aromatic heterocycles. The molecule has 2 aliphatic rings. The van der Waals surface area contributed by atoms with Gasteiger partial charge >= 0.3 is 5.69 Å². The van der Waals surface area contributed by atoms with Crippen molar-refractivity contribution in [3.63, 3.8) is 0 Å². The van der Waals surface area contributed by atoms with E-state index in [1.165, 1.54) is 25.3 Å². The maximum absolute atomic E-state index is 11.1. The predicted molar refractivity (Wildman–Crippen MR) is 77.9 cm³/mol. The Morgan fingerprint density at radius 3 is 2.85 bits per heavy atom. The highest BCUT2D eigenvalue weighted by Crippen LogP contribution is 2.46. The number of nitro groups is 1. The molecule has 1 heterocycles. The molecule has 1 aromatic rings. The summed E-state index contributed by atoms with van der Waals surface area (Å²) in [5.74, 6) is 2.55. The van der Waals surface area contributed by atoms with Crippen LogP contribution in [0.25, 0.3) is 0 Å². The van der Waals surface area contributed by atoms with Crippen LogP contribution in [0.3, 0.4) is 0 Å². The van der Waals surface area contributed by atoms with E-state index in [0.29, 0.717) is 23.6 Å². The van der Waals surface area contributed by atoms with Crippen molar-refractivity contribution in [2.75, 3.05) is 17.2 Å². The lowest BCUT2D eigenvalue weighted by atomic mass is 9.95. The highest BCUT2D eigenvalue weighted by molar-refractivity contribution is 5.60. The van der Waals surface area contributed by atoms with E-state index in [4.69, 9.17) is 0 Å². The van der Waals surface area contributed by atoms with E-state index in [9.17, 15) is 10.1 Å². The molecule has 6 nitrogen and oxygen atoms in total. The number of hydrogen-bond donors (Lipinski definition) is 2. The van der Waals surface area contributed by atoms with Gasteiger partial charge in [0.1, 0.15) is 5.82 Å². The van der Waals surface area contributed by atoms with E-state index in [-0.39, 0.29) is 10.6 Å². The van der Waals surface area contributed by atoms with Crippen LogP contribution in [0.5, 0.6) is 0 Å². The monoisotopic (exact) mass is 276 g/mol. The molecule has 0 radical (unpaired) electrons. The second kappa shape index (κ2) is 5.26. The highest BCUT2D eigenvalue weighted by atomic mass is 16.6. The van der Waals surface area contributed by atoms with Gasteiger partial charge in [-0.1, -0.05) is 6.42 Å².